The zero-order valence-electron chi connectivity index (χ0n) is 8.70. The van der Waals surface area contributed by atoms with Gasteiger partial charge in [-0.25, -0.2) is 0 Å². The van der Waals surface area contributed by atoms with Crippen LogP contribution in [0.25, 0.3) is 10.9 Å². The standard InChI is InChI=1S/C13H15NO/c1-2-13-12(3-6-14-13)9-11(1)10-4-7-15-8-5-10/h1-3,6,9-10,14H,4-5,7-8H2. The number of hydrogen-bond donors (Lipinski definition) is 1. The first-order chi connectivity index (χ1) is 7.43. The number of aromatic amines is 1. The van der Waals surface area contributed by atoms with E-state index in [-0.39, 0.29) is 0 Å². The molecule has 1 aromatic heterocycles. The Morgan fingerprint density at radius 1 is 1.13 bits per heavy atom. The molecule has 15 heavy (non-hydrogen) atoms. The normalized spacial score (nSPS) is 18.4. The van der Waals surface area contributed by atoms with Crippen LogP contribution in [-0.4, -0.2) is 18.2 Å². The lowest BCUT2D eigenvalue weighted by molar-refractivity contribution is 0.0853. The summed E-state index contributed by atoms with van der Waals surface area (Å²) in [5.74, 6) is 0.693. The monoisotopic (exact) mass is 201 g/mol. The Morgan fingerprint density at radius 2 is 2.00 bits per heavy atom. The quantitative estimate of drug-likeness (QED) is 0.753. The molecule has 1 aliphatic rings. The molecule has 78 valence electrons. The highest BCUT2D eigenvalue weighted by molar-refractivity contribution is 5.80. The SMILES string of the molecule is c1cc2cc(C3CCOCC3)ccc2[nH]1. The van der Waals surface area contributed by atoms with Crippen molar-refractivity contribution in [2.45, 2.75) is 18.8 Å². The van der Waals surface area contributed by atoms with Gasteiger partial charge in [-0.15, -0.1) is 0 Å². The third kappa shape index (κ3) is 1.65. The van der Waals surface area contributed by atoms with Crippen molar-refractivity contribution in [3.63, 3.8) is 0 Å². The number of benzene rings is 1. The zero-order chi connectivity index (χ0) is 10.1. The molecule has 2 nitrogen and oxygen atoms in total. The van der Waals surface area contributed by atoms with Crippen LogP contribution in [0.1, 0.15) is 24.3 Å². The molecule has 0 spiro atoms. The molecule has 0 amide bonds. The van der Waals surface area contributed by atoms with E-state index in [2.05, 4.69) is 29.2 Å². The molecule has 2 heteroatoms. The molecule has 1 fully saturated rings. The molecule has 0 radical (unpaired) electrons. The summed E-state index contributed by atoms with van der Waals surface area (Å²) in [6.45, 7) is 1.83. The minimum atomic E-state index is 0.693. The minimum absolute atomic E-state index is 0.693. The predicted molar refractivity (Wildman–Crippen MR) is 61.1 cm³/mol. The fraction of sp³-hybridized carbons (Fsp3) is 0.385. The number of fused-ring (bicyclic) bond motifs is 1. The summed E-state index contributed by atoms with van der Waals surface area (Å²) in [5, 5.41) is 1.32. The first kappa shape index (κ1) is 8.98. The van der Waals surface area contributed by atoms with Crippen molar-refractivity contribution in [1.29, 1.82) is 0 Å². The number of H-pyrrole nitrogens is 1. The molecule has 0 bridgehead atoms. The van der Waals surface area contributed by atoms with Gasteiger partial charge in [0.2, 0.25) is 0 Å². The molecule has 2 aromatic rings. The third-order valence-electron chi connectivity index (χ3n) is 3.27. The van der Waals surface area contributed by atoms with E-state index < -0.39 is 0 Å². The molecule has 2 heterocycles. The lowest BCUT2D eigenvalue weighted by atomic mass is 9.91. The lowest BCUT2D eigenvalue weighted by Crippen LogP contribution is -2.13. The van der Waals surface area contributed by atoms with Crippen molar-refractivity contribution < 1.29 is 4.74 Å². The molecule has 1 aromatic carbocycles. The van der Waals surface area contributed by atoms with Gasteiger partial charge < -0.3 is 9.72 Å². The highest BCUT2D eigenvalue weighted by Crippen LogP contribution is 2.28. The molecular formula is C13H15NO. The smallest absolute Gasteiger partial charge is 0.0471 e. The summed E-state index contributed by atoms with van der Waals surface area (Å²) < 4.78 is 5.39. The molecule has 1 saturated heterocycles. The van der Waals surface area contributed by atoms with E-state index in [4.69, 9.17) is 4.74 Å². The van der Waals surface area contributed by atoms with Gasteiger partial charge in [-0.1, -0.05) is 6.07 Å². The molecule has 0 atom stereocenters. The summed E-state index contributed by atoms with van der Waals surface area (Å²) >= 11 is 0. The Hall–Kier alpha value is -1.28. The van der Waals surface area contributed by atoms with Crippen LogP contribution in [0, 0.1) is 0 Å². The molecular weight excluding hydrogens is 186 g/mol. The van der Waals surface area contributed by atoms with Gasteiger partial charge in [-0.05, 0) is 47.9 Å². The van der Waals surface area contributed by atoms with Crippen molar-refractivity contribution in [2.24, 2.45) is 0 Å². The van der Waals surface area contributed by atoms with Crippen LogP contribution in [0.5, 0.6) is 0 Å². The van der Waals surface area contributed by atoms with Crippen LogP contribution in [-0.2, 0) is 4.74 Å². The summed E-state index contributed by atoms with van der Waals surface area (Å²) in [5.41, 5.74) is 2.69. The van der Waals surface area contributed by atoms with Crippen molar-refractivity contribution in [1.82, 2.24) is 4.98 Å². The van der Waals surface area contributed by atoms with Crippen LogP contribution in [0.2, 0.25) is 0 Å². The number of ether oxygens (including phenoxy) is 1. The number of aromatic nitrogens is 1. The average molecular weight is 201 g/mol. The first-order valence-corrected chi connectivity index (χ1v) is 5.58. The van der Waals surface area contributed by atoms with E-state index in [0.29, 0.717) is 5.92 Å². The maximum atomic E-state index is 5.39. The first-order valence-electron chi connectivity index (χ1n) is 5.58. The van der Waals surface area contributed by atoms with Gasteiger partial charge in [0.15, 0.2) is 0 Å². The van der Waals surface area contributed by atoms with Crippen LogP contribution in [0.15, 0.2) is 30.5 Å². The summed E-state index contributed by atoms with van der Waals surface area (Å²) in [6.07, 6.45) is 4.32. The second-order valence-corrected chi connectivity index (χ2v) is 4.21. The van der Waals surface area contributed by atoms with Gasteiger partial charge >= 0.3 is 0 Å². The maximum absolute atomic E-state index is 5.39. The maximum Gasteiger partial charge on any atom is 0.0471 e. The summed E-state index contributed by atoms with van der Waals surface area (Å²) in [4.78, 5) is 3.22. The van der Waals surface area contributed by atoms with Crippen molar-refractivity contribution >= 4 is 10.9 Å². The lowest BCUT2D eigenvalue weighted by Gasteiger charge is -2.22. The Bertz CT molecular complexity index is 454. The minimum Gasteiger partial charge on any atom is -0.381 e. The van der Waals surface area contributed by atoms with E-state index in [9.17, 15) is 0 Å². The Labute approximate surface area is 89.3 Å². The average Bonchev–Trinajstić information content (AvgIpc) is 2.77. The highest BCUT2D eigenvalue weighted by Gasteiger charge is 2.15. The Morgan fingerprint density at radius 3 is 2.87 bits per heavy atom. The van der Waals surface area contributed by atoms with Crippen LogP contribution >= 0.6 is 0 Å². The fourth-order valence-electron chi connectivity index (χ4n) is 2.36. The molecule has 1 N–H and O–H groups in total. The summed E-state index contributed by atoms with van der Waals surface area (Å²) in [6, 6.07) is 8.87. The van der Waals surface area contributed by atoms with Crippen molar-refractivity contribution in [3.05, 3.63) is 36.0 Å². The number of nitrogens with one attached hydrogen (secondary N) is 1. The molecule has 0 aliphatic carbocycles. The van der Waals surface area contributed by atoms with E-state index in [1.165, 1.54) is 16.5 Å². The van der Waals surface area contributed by atoms with Crippen molar-refractivity contribution in [2.75, 3.05) is 13.2 Å². The van der Waals surface area contributed by atoms with Crippen molar-refractivity contribution in [3.8, 4) is 0 Å². The zero-order valence-corrected chi connectivity index (χ0v) is 8.70. The highest BCUT2D eigenvalue weighted by atomic mass is 16.5. The predicted octanol–water partition coefficient (Wildman–Crippen LogP) is 3.06. The van der Waals surface area contributed by atoms with Gasteiger partial charge in [0.1, 0.15) is 0 Å². The van der Waals surface area contributed by atoms with Crippen LogP contribution < -0.4 is 0 Å². The van der Waals surface area contributed by atoms with E-state index in [1.807, 2.05) is 6.20 Å². The van der Waals surface area contributed by atoms with Crippen LogP contribution in [0.3, 0.4) is 0 Å². The summed E-state index contributed by atoms with van der Waals surface area (Å²) in [7, 11) is 0. The Kier molecular flexibility index (Phi) is 2.22. The van der Waals surface area contributed by atoms with Gasteiger partial charge in [0.05, 0.1) is 0 Å². The Balaban J connectivity index is 1.95. The molecule has 3 rings (SSSR count). The van der Waals surface area contributed by atoms with Gasteiger partial charge in [0.25, 0.3) is 0 Å². The number of hydrogen-bond acceptors (Lipinski definition) is 1. The third-order valence-corrected chi connectivity index (χ3v) is 3.27. The largest absolute Gasteiger partial charge is 0.381 e. The fourth-order valence-corrected chi connectivity index (χ4v) is 2.36. The van der Waals surface area contributed by atoms with E-state index in [0.717, 1.165) is 26.1 Å². The van der Waals surface area contributed by atoms with E-state index >= 15 is 0 Å². The second-order valence-electron chi connectivity index (χ2n) is 4.21. The van der Waals surface area contributed by atoms with E-state index in [1.54, 1.807) is 0 Å². The molecule has 0 unspecified atom stereocenters. The second kappa shape index (κ2) is 3.70. The topological polar surface area (TPSA) is 25.0 Å². The molecule has 0 saturated carbocycles. The van der Waals surface area contributed by atoms with Gasteiger partial charge in [-0.2, -0.15) is 0 Å². The van der Waals surface area contributed by atoms with Gasteiger partial charge in [0, 0.05) is 24.9 Å². The van der Waals surface area contributed by atoms with Gasteiger partial charge in [-0.3, -0.25) is 0 Å². The number of rotatable bonds is 1. The molecule has 1 aliphatic heterocycles. The van der Waals surface area contributed by atoms with Crippen LogP contribution in [0.4, 0.5) is 0 Å².